The minimum absolute atomic E-state index is 0.135. The van der Waals surface area contributed by atoms with Crippen LogP contribution in [0.2, 0.25) is 0 Å². The zero-order chi connectivity index (χ0) is 21.3. The molecule has 2 aliphatic rings. The number of rotatable bonds is 4. The van der Waals surface area contributed by atoms with Gasteiger partial charge in [-0.2, -0.15) is 0 Å². The maximum absolute atomic E-state index is 14.0. The minimum atomic E-state index is -0.604. The number of pyridine rings is 1. The molecule has 3 heterocycles. The van der Waals surface area contributed by atoms with Crippen molar-refractivity contribution >= 4 is 11.6 Å². The van der Waals surface area contributed by atoms with Crippen molar-refractivity contribution in [1.29, 1.82) is 0 Å². The third kappa shape index (κ3) is 3.97. The first-order valence-electron chi connectivity index (χ1n) is 11.2. The van der Waals surface area contributed by atoms with Gasteiger partial charge in [-0.15, -0.1) is 0 Å². The van der Waals surface area contributed by atoms with Crippen LogP contribution in [0.25, 0.3) is 5.65 Å². The number of nitrogens with zero attached hydrogens (tertiary/aromatic N) is 3. The lowest BCUT2D eigenvalue weighted by Gasteiger charge is -2.35. The lowest BCUT2D eigenvalue weighted by atomic mass is 9.77. The van der Waals surface area contributed by atoms with Gasteiger partial charge < -0.3 is 14.0 Å². The van der Waals surface area contributed by atoms with Crippen LogP contribution < -0.4 is 0 Å². The second kappa shape index (κ2) is 8.42. The number of ether oxygens (including phenoxy) is 1. The smallest absolute Gasteiger partial charge is 0.233 e. The molecule has 31 heavy (non-hydrogen) atoms. The number of fused-ring (bicyclic) bond motifs is 1. The van der Waals surface area contributed by atoms with Gasteiger partial charge in [-0.3, -0.25) is 4.79 Å². The minimum Gasteiger partial charge on any atom is -0.379 e. The molecule has 3 aromatic rings. The molecular formula is C25H28FN3O2. The van der Waals surface area contributed by atoms with E-state index in [0.717, 1.165) is 43.3 Å². The summed E-state index contributed by atoms with van der Waals surface area (Å²) in [4.78, 5) is 20.1. The Bertz CT molecular complexity index is 1070. The number of imidazole rings is 1. The molecule has 0 radical (unpaired) electrons. The van der Waals surface area contributed by atoms with E-state index in [1.54, 1.807) is 18.3 Å². The fourth-order valence-corrected chi connectivity index (χ4v) is 5.30. The zero-order valence-electron chi connectivity index (χ0n) is 17.7. The van der Waals surface area contributed by atoms with Gasteiger partial charge in [0.15, 0.2) is 0 Å². The first kappa shape index (κ1) is 20.2. The number of benzene rings is 1. The number of amides is 1. The molecule has 1 aliphatic heterocycles. The molecule has 0 spiro atoms. The summed E-state index contributed by atoms with van der Waals surface area (Å²) in [6, 6.07) is 10.8. The Hall–Kier alpha value is -2.73. The van der Waals surface area contributed by atoms with E-state index in [0.29, 0.717) is 26.3 Å². The molecular weight excluding hydrogens is 393 g/mol. The summed E-state index contributed by atoms with van der Waals surface area (Å²) >= 11 is 0. The van der Waals surface area contributed by atoms with Gasteiger partial charge >= 0.3 is 0 Å². The maximum atomic E-state index is 14.0. The number of hydrogen-bond acceptors (Lipinski definition) is 3. The Kier molecular flexibility index (Phi) is 5.48. The van der Waals surface area contributed by atoms with Gasteiger partial charge in [0, 0.05) is 37.6 Å². The van der Waals surface area contributed by atoms with Gasteiger partial charge in [0.2, 0.25) is 5.91 Å². The van der Waals surface area contributed by atoms with Crippen LogP contribution in [0.5, 0.6) is 0 Å². The van der Waals surface area contributed by atoms with Crippen LogP contribution in [0.1, 0.15) is 36.8 Å². The molecule has 0 unspecified atom stereocenters. The van der Waals surface area contributed by atoms with Crippen molar-refractivity contribution < 1.29 is 13.9 Å². The summed E-state index contributed by atoms with van der Waals surface area (Å²) in [5, 5.41) is 0. The molecule has 5 rings (SSSR count). The predicted molar refractivity (Wildman–Crippen MR) is 116 cm³/mol. The third-order valence-electron chi connectivity index (χ3n) is 6.84. The van der Waals surface area contributed by atoms with Crippen molar-refractivity contribution in [2.75, 3.05) is 26.3 Å². The number of carbonyl (C=O) groups is 1. The van der Waals surface area contributed by atoms with Crippen LogP contribution >= 0.6 is 0 Å². The van der Waals surface area contributed by atoms with Crippen LogP contribution in [0.4, 0.5) is 4.39 Å². The molecule has 0 N–H and O–H groups in total. The molecule has 1 saturated heterocycles. The van der Waals surface area contributed by atoms with Crippen molar-refractivity contribution in [3.8, 4) is 0 Å². The van der Waals surface area contributed by atoms with Crippen LogP contribution in [0.3, 0.4) is 0 Å². The van der Waals surface area contributed by atoms with Crippen molar-refractivity contribution in [2.24, 2.45) is 5.92 Å². The molecule has 6 heteroatoms. The average Bonchev–Trinajstić information content (AvgIpc) is 3.40. The standard InChI is InChI=1S/C25H28FN3O2/c26-22-5-3-4-21(15-22)25(8-1-2-9-25)24(30)29-12-13-31-18-20(17-29)14-19-6-7-23-27-10-11-28(23)16-19/h3-7,10-11,15-16,20H,1-2,8-9,12-14,17-18H2/t20-/m0/s1. The molecule has 1 amide bonds. The van der Waals surface area contributed by atoms with Gasteiger partial charge in [-0.25, -0.2) is 9.37 Å². The van der Waals surface area contributed by atoms with E-state index in [1.807, 2.05) is 27.6 Å². The van der Waals surface area contributed by atoms with Crippen LogP contribution in [0, 0.1) is 11.7 Å². The van der Waals surface area contributed by atoms with Crippen molar-refractivity contribution in [3.63, 3.8) is 0 Å². The average molecular weight is 422 g/mol. The quantitative estimate of drug-likeness (QED) is 0.640. The van der Waals surface area contributed by atoms with Crippen molar-refractivity contribution in [3.05, 3.63) is 71.9 Å². The van der Waals surface area contributed by atoms with E-state index in [1.165, 1.54) is 11.6 Å². The highest BCUT2D eigenvalue weighted by atomic mass is 19.1. The Labute approximate surface area is 181 Å². The second-order valence-corrected chi connectivity index (χ2v) is 8.93. The van der Waals surface area contributed by atoms with E-state index in [2.05, 4.69) is 17.2 Å². The Morgan fingerprint density at radius 2 is 2.10 bits per heavy atom. The zero-order valence-corrected chi connectivity index (χ0v) is 17.7. The van der Waals surface area contributed by atoms with Crippen molar-refractivity contribution in [1.82, 2.24) is 14.3 Å². The summed E-state index contributed by atoms with van der Waals surface area (Å²) in [7, 11) is 0. The monoisotopic (exact) mass is 421 g/mol. The molecule has 0 bridgehead atoms. The fraction of sp³-hybridized carbons (Fsp3) is 0.440. The van der Waals surface area contributed by atoms with E-state index in [4.69, 9.17) is 4.74 Å². The molecule has 1 aromatic carbocycles. The number of halogens is 1. The van der Waals surface area contributed by atoms with Crippen LogP contribution in [0.15, 0.2) is 55.0 Å². The van der Waals surface area contributed by atoms with Crippen LogP contribution in [-0.4, -0.2) is 46.5 Å². The van der Waals surface area contributed by atoms with Crippen molar-refractivity contribution in [2.45, 2.75) is 37.5 Å². The number of aromatic nitrogens is 2. The summed E-state index contributed by atoms with van der Waals surface area (Å²) in [6.07, 6.45) is 10.3. The third-order valence-corrected chi connectivity index (χ3v) is 6.84. The molecule has 2 fully saturated rings. The summed E-state index contributed by atoms with van der Waals surface area (Å²) in [6.45, 7) is 2.44. The van der Waals surface area contributed by atoms with Crippen LogP contribution in [-0.2, 0) is 21.4 Å². The number of hydrogen-bond donors (Lipinski definition) is 0. The highest BCUT2D eigenvalue weighted by molar-refractivity contribution is 5.88. The molecule has 1 atom stereocenters. The fourth-order valence-electron chi connectivity index (χ4n) is 5.30. The van der Waals surface area contributed by atoms with E-state index >= 15 is 0 Å². The summed E-state index contributed by atoms with van der Waals surface area (Å²) in [5.74, 6) is 0.0816. The lowest BCUT2D eigenvalue weighted by Crippen LogP contribution is -2.47. The highest BCUT2D eigenvalue weighted by Crippen LogP contribution is 2.43. The predicted octanol–water partition coefficient (Wildman–Crippen LogP) is 4.00. The van der Waals surface area contributed by atoms with Gasteiger partial charge in [-0.05, 0) is 48.6 Å². The van der Waals surface area contributed by atoms with E-state index in [9.17, 15) is 9.18 Å². The molecule has 5 nitrogen and oxygen atoms in total. The topological polar surface area (TPSA) is 46.8 Å². The van der Waals surface area contributed by atoms with Gasteiger partial charge in [0.25, 0.3) is 0 Å². The Balaban J connectivity index is 1.37. The summed E-state index contributed by atoms with van der Waals surface area (Å²) < 4.78 is 21.9. The normalized spacial score (nSPS) is 21.3. The number of carbonyl (C=O) groups excluding carboxylic acids is 1. The first-order valence-corrected chi connectivity index (χ1v) is 11.2. The Morgan fingerprint density at radius 3 is 2.94 bits per heavy atom. The molecule has 2 aromatic heterocycles. The largest absolute Gasteiger partial charge is 0.379 e. The second-order valence-electron chi connectivity index (χ2n) is 8.93. The van der Waals surface area contributed by atoms with E-state index in [-0.39, 0.29) is 17.6 Å². The SMILES string of the molecule is O=C(N1CCOC[C@@H](Cc2ccc3nccn3c2)C1)C1(c2cccc(F)c2)CCCC1. The van der Waals surface area contributed by atoms with Gasteiger partial charge in [0.05, 0.1) is 18.6 Å². The molecule has 1 aliphatic carbocycles. The molecule has 1 saturated carbocycles. The maximum Gasteiger partial charge on any atom is 0.233 e. The Morgan fingerprint density at radius 1 is 1.23 bits per heavy atom. The first-order chi connectivity index (χ1) is 15.1. The van der Waals surface area contributed by atoms with E-state index < -0.39 is 5.41 Å². The lowest BCUT2D eigenvalue weighted by molar-refractivity contribution is -0.137. The van der Waals surface area contributed by atoms with Gasteiger partial charge in [0.1, 0.15) is 11.5 Å². The highest BCUT2D eigenvalue weighted by Gasteiger charge is 2.45. The summed E-state index contributed by atoms with van der Waals surface area (Å²) in [5.41, 5.74) is 2.35. The van der Waals surface area contributed by atoms with Gasteiger partial charge in [-0.1, -0.05) is 31.0 Å². The molecule has 162 valence electrons.